The van der Waals surface area contributed by atoms with Gasteiger partial charge in [0, 0.05) is 5.56 Å². The molecule has 0 saturated heterocycles. The molecule has 1 radical (unpaired) electrons. The number of benzene rings is 2. The highest BCUT2D eigenvalue weighted by Gasteiger charge is 1.93. The van der Waals surface area contributed by atoms with Gasteiger partial charge in [-0.2, -0.15) is 0 Å². The van der Waals surface area contributed by atoms with Crippen LogP contribution in [-0.4, -0.2) is 6.21 Å². The van der Waals surface area contributed by atoms with Crippen molar-refractivity contribution in [1.82, 2.24) is 0 Å². The Morgan fingerprint density at radius 3 is 2.50 bits per heavy atom. The second-order valence-corrected chi connectivity index (χ2v) is 4.33. The Bertz CT molecular complexity index is 529. The Morgan fingerprint density at radius 1 is 1.00 bits per heavy atom. The lowest BCUT2D eigenvalue weighted by atomic mass is 10.1. The molecule has 0 amide bonds. The molecule has 0 aliphatic heterocycles. The van der Waals surface area contributed by atoms with E-state index in [0.29, 0.717) is 6.61 Å². The fourth-order valence-electron chi connectivity index (χ4n) is 1.62. The number of aryl methyl sites for hydroxylation is 2. The molecule has 0 spiro atoms. The van der Waals surface area contributed by atoms with Crippen molar-refractivity contribution in [3.63, 3.8) is 0 Å². The second-order valence-electron chi connectivity index (χ2n) is 4.33. The summed E-state index contributed by atoms with van der Waals surface area (Å²) in [7, 11) is 0. The summed E-state index contributed by atoms with van der Waals surface area (Å²) in [5.74, 6) is 0. The van der Waals surface area contributed by atoms with E-state index in [1.165, 1.54) is 11.1 Å². The molecule has 2 rings (SSSR count). The lowest BCUT2D eigenvalue weighted by molar-refractivity contribution is 0.132. The van der Waals surface area contributed by atoms with Crippen LogP contribution in [0.1, 0.15) is 22.3 Å². The fourth-order valence-corrected chi connectivity index (χ4v) is 1.62. The molecular weight excluding hydrogens is 222 g/mol. The molecule has 0 fully saturated rings. The largest absolute Gasteiger partial charge is 0.390 e. The van der Waals surface area contributed by atoms with Crippen molar-refractivity contribution in [2.24, 2.45) is 5.16 Å². The van der Waals surface area contributed by atoms with Gasteiger partial charge in [0.25, 0.3) is 0 Å². The van der Waals surface area contributed by atoms with Crippen molar-refractivity contribution < 1.29 is 4.84 Å². The van der Waals surface area contributed by atoms with Gasteiger partial charge in [-0.15, -0.1) is 0 Å². The monoisotopic (exact) mass is 238 g/mol. The quantitative estimate of drug-likeness (QED) is 0.587. The first-order valence-corrected chi connectivity index (χ1v) is 5.94. The minimum Gasteiger partial charge on any atom is -0.390 e. The molecule has 0 aromatic heterocycles. The van der Waals surface area contributed by atoms with Gasteiger partial charge in [0.2, 0.25) is 0 Å². The molecule has 0 atom stereocenters. The van der Waals surface area contributed by atoms with Gasteiger partial charge in [-0.05, 0) is 19.4 Å². The van der Waals surface area contributed by atoms with E-state index in [9.17, 15) is 0 Å². The maximum atomic E-state index is 5.22. The molecule has 0 saturated carbocycles. The predicted octanol–water partition coefficient (Wildman–Crippen LogP) is 3.73. The molecule has 2 heteroatoms. The molecule has 2 aromatic rings. The Kier molecular flexibility index (Phi) is 4.13. The normalized spacial score (nSPS) is 10.8. The average Bonchev–Trinajstić information content (AvgIpc) is 2.37. The first-order chi connectivity index (χ1) is 8.74. The highest BCUT2D eigenvalue weighted by Crippen LogP contribution is 2.05. The molecule has 91 valence electrons. The molecule has 2 nitrogen and oxygen atoms in total. The first kappa shape index (κ1) is 12.4. The van der Waals surface area contributed by atoms with Crippen LogP contribution >= 0.6 is 0 Å². The van der Waals surface area contributed by atoms with E-state index in [-0.39, 0.29) is 0 Å². The van der Waals surface area contributed by atoms with Crippen LogP contribution in [0, 0.1) is 13.8 Å². The first-order valence-electron chi connectivity index (χ1n) is 5.94. The summed E-state index contributed by atoms with van der Waals surface area (Å²) in [6.45, 7) is 4.58. The molecule has 0 aliphatic rings. The van der Waals surface area contributed by atoms with E-state index in [2.05, 4.69) is 37.4 Å². The van der Waals surface area contributed by atoms with E-state index in [1.54, 1.807) is 0 Å². The summed E-state index contributed by atoms with van der Waals surface area (Å²) in [5, 5.41) is 3.85. The highest BCUT2D eigenvalue weighted by molar-refractivity contribution is 5.79. The predicted molar refractivity (Wildman–Crippen MR) is 73.7 cm³/mol. The van der Waals surface area contributed by atoms with Crippen LogP contribution in [0.5, 0.6) is 0 Å². The number of rotatable bonds is 4. The third-order valence-electron chi connectivity index (χ3n) is 2.60. The molecule has 0 N–H and O–H groups in total. The third kappa shape index (κ3) is 3.74. The van der Waals surface area contributed by atoms with Gasteiger partial charge in [-0.3, -0.25) is 0 Å². The average molecular weight is 238 g/mol. The molecular formula is C16H16NO. The second kappa shape index (κ2) is 6.01. The maximum Gasteiger partial charge on any atom is 0.142 e. The van der Waals surface area contributed by atoms with Gasteiger partial charge in [0.05, 0.1) is 0 Å². The highest BCUT2D eigenvalue weighted by atomic mass is 16.6. The van der Waals surface area contributed by atoms with E-state index in [4.69, 9.17) is 4.84 Å². The van der Waals surface area contributed by atoms with E-state index >= 15 is 0 Å². The summed E-state index contributed by atoms with van der Waals surface area (Å²) in [6, 6.07) is 16.2. The summed E-state index contributed by atoms with van der Waals surface area (Å²) >= 11 is 0. The molecule has 2 aromatic carbocycles. The van der Waals surface area contributed by atoms with Crippen molar-refractivity contribution in [3.05, 3.63) is 70.8 Å². The Morgan fingerprint density at radius 2 is 1.78 bits per heavy atom. The topological polar surface area (TPSA) is 21.6 Å². The van der Waals surface area contributed by atoms with Gasteiger partial charge >= 0.3 is 0 Å². The lowest BCUT2D eigenvalue weighted by Crippen LogP contribution is -1.89. The van der Waals surface area contributed by atoms with E-state index < -0.39 is 0 Å². The van der Waals surface area contributed by atoms with Gasteiger partial charge in [-0.1, -0.05) is 64.8 Å². The van der Waals surface area contributed by atoms with Crippen LogP contribution in [0.2, 0.25) is 0 Å². The van der Waals surface area contributed by atoms with Crippen molar-refractivity contribution in [3.8, 4) is 0 Å². The van der Waals surface area contributed by atoms with Crippen LogP contribution in [0.4, 0.5) is 0 Å². The van der Waals surface area contributed by atoms with Crippen LogP contribution in [-0.2, 0) is 11.4 Å². The van der Waals surface area contributed by atoms with Gasteiger partial charge < -0.3 is 4.84 Å². The summed E-state index contributed by atoms with van der Waals surface area (Å²) < 4.78 is 0. The molecule has 0 unspecified atom stereocenters. The molecule has 0 aliphatic carbocycles. The zero-order chi connectivity index (χ0) is 12.8. The fraction of sp³-hybridized carbons (Fsp3) is 0.188. The third-order valence-corrected chi connectivity index (χ3v) is 2.60. The smallest absolute Gasteiger partial charge is 0.142 e. The van der Waals surface area contributed by atoms with Crippen molar-refractivity contribution in [1.29, 1.82) is 0 Å². The van der Waals surface area contributed by atoms with E-state index in [1.807, 2.05) is 36.4 Å². The Hall–Kier alpha value is -2.09. The molecule has 18 heavy (non-hydrogen) atoms. The SMILES string of the molecule is Cc1ccc(/[C]=N\OCc2cccc(C)c2)cc1. The minimum absolute atomic E-state index is 0.473. The molecule has 0 bridgehead atoms. The van der Waals surface area contributed by atoms with Crippen molar-refractivity contribution in [2.45, 2.75) is 20.5 Å². The zero-order valence-corrected chi connectivity index (χ0v) is 10.7. The maximum absolute atomic E-state index is 5.22. The van der Waals surface area contributed by atoms with Gasteiger partial charge in [0.15, 0.2) is 0 Å². The Balaban J connectivity index is 1.87. The van der Waals surface area contributed by atoms with Crippen LogP contribution in [0.15, 0.2) is 53.7 Å². The van der Waals surface area contributed by atoms with Crippen LogP contribution in [0.25, 0.3) is 0 Å². The van der Waals surface area contributed by atoms with Gasteiger partial charge in [-0.25, -0.2) is 0 Å². The van der Waals surface area contributed by atoms with Crippen LogP contribution < -0.4 is 0 Å². The summed E-state index contributed by atoms with van der Waals surface area (Å²) in [6.07, 6.45) is 2.86. The Labute approximate surface area is 108 Å². The van der Waals surface area contributed by atoms with Crippen molar-refractivity contribution in [2.75, 3.05) is 0 Å². The number of hydrogen-bond acceptors (Lipinski definition) is 2. The number of hydrogen-bond donors (Lipinski definition) is 0. The standard InChI is InChI=1S/C16H16NO/c1-13-6-8-15(9-7-13)11-17-18-12-16-5-3-4-14(2)10-16/h3-10H,12H2,1-2H3. The number of nitrogens with zero attached hydrogens (tertiary/aromatic N) is 1. The van der Waals surface area contributed by atoms with Gasteiger partial charge in [0.1, 0.15) is 12.8 Å². The van der Waals surface area contributed by atoms with E-state index in [0.717, 1.165) is 11.1 Å². The zero-order valence-electron chi connectivity index (χ0n) is 10.7. The van der Waals surface area contributed by atoms with Crippen LogP contribution in [0.3, 0.4) is 0 Å². The van der Waals surface area contributed by atoms with Crippen molar-refractivity contribution >= 4 is 6.21 Å². The minimum atomic E-state index is 0.473. The summed E-state index contributed by atoms with van der Waals surface area (Å²) in [4.78, 5) is 5.22. The summed E-state index contributed by atoms with van der Waals surface area (Å²) in [5.41, 5.74) is 4.48. The molecule has 0 heterocycles. The lowest BCUT2D eigenvalue weighted by Gasteiger charge is -2.00.